The Labute approximate surface area is 124 Å². The standard InChI is InChI=1S/C12H17Cl2NO3S/c1-9(2)18-8-4-7-15-19(16,17)11-6-3-5-10(13)12(11)14/h3,5-6,9,15H,4,7-8H2,1-2H3. The monoisotopic (exact) mass is 325 g/mol. The maximum Gasteiger partial charge on any atom is 0.242 e. The number of nitrogens with one attached hydrogen (secondary N) is 1. The van der Waals surface area contributed by atoms with Gasteiger partial charge in [-0.25, -0.2) is 13.1 Å². The van der Waals surface area contributed by atoms with Crippen LogP contribution in [0.4, 0.5) is 0 Å². The van der Waals surface area contributed by atoms with Crippen molar-refractivity contribution in [3.63, 3.8) is 0 Å². The first-order valence-corrected chi connectivity index (χ1v) is 8.14. The molecule has 1 aromatic carbocycles. The second kappa shape index (κ2) is 7.45. The van der Waals surface area contributed by atoms with E-state index in [1.54, 1.807) is 12.1 Å². The van der Waals surface area contributed by atoms with Gasteiger partial charge in [0.2, 0.25) is 10.0 Å². The molecule has 0 aliphatic rings. The van der Waals surface area contributed by atoms with Gasteiger partial charge in [-0.1, -0.05) is 29.3 Å². The fourth-order valence-electron chi connectivity index (χ4n) is 1.37. The Kier molecular flexibility index (Phi) is 6.56. The zero-order chi connectivity index (χ0) is 14.5. The van der Waals surface area contributed by atoms with Gasteiger partial charge < -0.3 is 4.74 Å². The summed E-state index contributed by atoms with van der Waals surface area (Å²) in [4.78, 5) is -0.00792. The van der Waals surface area contributed by atoms with Crippen LogP contribution < -0.4 is 4.72 Å². The lowest BCUT2D eigenvalue weighted by Crippen LogP contribution is -2.26. The highest BCUT2D eigenvalue weighted by Gasteiger charge is 2.18. The third kappa shape index (κ3) is 5.28. The van der Waals surface area contributed by atoms with Crippen molar-refractivity contribution in [1.82, 2.24) is 4.72 Å². The molecule has 1 aromatic rings. The van der Waals surface area contributed by atoms with Crippen LogP contribution in [0.25, 0.3) is 0 Å². The summed E-state index contributed by atoms with van der Waals surface area (Å²) in [6.07, 6.45) is 0.731. The molecule has 19 heavy (non-hydrogen) atoms. The minimum absolute atomic E-state index is 0.00792. The van der Waals surface area contributed by atoms with Gasteiger partial charge in [0, 0.05) is 13.2 Å². The predicted molar refractivity (Wildman–Crippen MR) is 77.4 cm³/mol. The minimum Gasteiger partial charge on any atom is -0.379 e. The zero-order valence-electron chi connectivity index (χ0n) is 10.8. The Hall–Kier alpha value is -0.330. The van der Waals surface area contributed by atoms with E-state index in [0.717, 1.165) is 0 Å². The molecular weight excluding hydrogens is 309 g/mol. The molecule has 0 aliphatic carbocycles. The highest BCUT2D eigenvalue weighted by atomic mass is 35.5. The van der Waals surface area contributed by atoms with Crippen molar-refractivity contribution in [1.29, 1.82) is 0 Å². The normalized spacial score (nSPS) is 12.1. The quantitative estimate of drug-likeness (QED) is 0.784. The highest BCUT2D eigenvalue weighted by Crippen LogP contribution is 2.28. The van der Waals surface area contributed by atoms with Crippen molar-refractivity contribution >= 4 is 33.2 Å². The smallest absolute Gasteiger partial charge is 0.242 e. The zero-order valence-corrected chi connectivity index (χ0v) is 13.1. The van der Waals surface area contributed by atoms with Crippen LogP contribution in [-0.2, 0) is 14.8 Å². The van der Waals surface area contributed by atoms with Gasteiger partial charge in [0.05, 0.1) is 16.1 Å². The minimum atomic E-state index is -3.64. The number of hydrogen-bond acceptors (Lipinski definition) is 3. The number of hydrogen-bond donors (Lipinski definition) is 1. The van der Waals surface area contributed by atoms with Crippen LogP contribution in [0.15, 0.2) is 23.1 Å². The maximum absolute atomic E-state index is 12.0. The molecule has 0 aliphatic heterocycles. The van der Waals surface area contributed by atoms with E-state index in [1.807, 2.05) is 13.8 Å². The van der Waals surface area contributed by atoms with Crippen molar-refractivity contribution in [3.8, 4) is 0 Å². The van der Waals surface area contributed by atoms with E-state index in [1.165, 1.54) is 6.07 Å². The van der Waals surface area contributed by atoms with Crippen LogP contribution in [0, 0.1) is 0 Å². The molecule has 0 radical (unpaired) electrons. The van der Waals surface area contributed by atoms with Crippen LogP contribution in [0.3, 0.4) is 0 Å². The summed E-state index contributed by atoms with van der Waals surface area (Å²) in [5, 5.41) is 0.253. The molecule has 0 bridgehead atoms. The molecule has 0 fully saturated rings. The largest absolute Gasteiger partial charge is 0.379 e. The van der Waals surface area contributed by atoms with Crippen molar-refractivity contribution in [2.45, 2.75) is 31.3 Å². The summed E-state index contributed by atoms with van der Waals surface area (Å²) in [6.45, 7) is 4.65. The Bertz CT molecular complexity index is 518. The molecule has 0 unspecified atom stereocenters. The third-order valence-electron chi connectivity index (χ3n) is 2.27. The van der Waals surface area contributed by atoms with Crippen molar-refractivity contribution in [3.05, 3.63) is 28.2 Å². The number of rotatable bonds is 7. The summed E-state index contributed by atoms with van der Waals surface area (Å²) in [7, 11) is -3.64. The fourth-order valence-corrected chi connectivity index (χ4v) is 3.20. The van der Waals surface area contributed by atoms with Crippen LogP contribution in [0.2, 0.25) is 10.0 Å². The molecule has 108 valence electrons. The summed E-state index contributed by atoms with van der Waals surface area (Å²) in [5.74, 6) is 0. The average molecular weight is 326 g/mol. The molecule has 0 heterocycles. The molecular formula is C12H17Cl2NO3S. The number of ether oxygens (including phenoxy) is 1. The van der Waals surface area contributed by atoms with E-state index >= 15 is 0 Å². The first-order chi connectivity index (χ1) is 8.84. The first kappa shape index (κ1) is 16.7. The van der Waals surface area contributed by atoms with Crippen LogP contribution in [0.5, 0.6) is 0 Å². The Balaban J connectivity index is 2.59. The fraction of sp³-hybridized carbons (Fsp3) is 0.500. The van der Waals surface area contributed by atoms with Gasteiger partial charge in [-0.3, -0.25) is 0 Å². The van der Waals surface area contributed by atoms with Crippen LogP contribution in [0.1, 0.15) is 20.3 Å². The first-order valence-electron chi connectivity index (χ1n) is 5.90. The van der Waals surface area contributed by atoms with Crippen molar-refractivity contribution < 1.29 is 13.2 Å². The number of sulfonamides is 1. The van der Waals surface area contributed by atoms with E-state index < -0.39 is 10.0 Å². The molecule has 0 amide bonds. The van der Waals surface area contributed by atoms with E-state index in [2.05, 4.69) is 4.72 Å². The van der Waals surface area contributed by atoms with E-state index in [0.29, 0.717) is 13.0 Å². The summed E-state index contributed by atoms with van der Waals surface area (Å²) in [5.41, 5.74) is 0. The number of benzene rings is 1. The SMILES string of the molecule is CC(C)OCCCNS(=O)(=O)c1cccc(Cl)c1Cl. The summed E-state index contributed by atoms with van der Waals surface area (Å²) < 4.78 is 31.8. The van der Waals surface area contributed by atoms with Crippen molar-refractivity contribution in [2.75, 3.05) is 13.2 Å². The van der Waals surface area contributed by atoms with Crippen LogP contribution >= 0.6 is 23.2 Å². The molecule has 0 saturated carbocycles. The van der Waals surface area contributed by atoms with Crippen LogP contribution in [-0.4, -0.2) is 27.7 Å². The maximum atomic E-state index is 12.0. The Morgan fingerprint density at radius 1 is 1.32 bits per heavy atom. The molecule has 0 saturated heterocycles. The number of halogens is 2. The van der Waals surface area contributed by atoms with E-state index in [9.17, 15) is 8.42 Å². The lowest BCUT2D eigenvalue weighted by Gasteiger charge is -2.10. The van der Waals surface area contributed by atoms with E-state index in [-0.39, 0.29) is 27.6 Å². The molecule has 1 rings (SSSR count). The molecule has 4 nitrogen and oxygen atoms in total. The Morgan fingerprint density at radius 3 is 2.63 bits per heavy atom. The second-order valence-electron chi connectivity index (χ2n) is 4.22. The second-order valence-corrected chi connectivity index (χ2v) is 6.74. The molecule has 0 aromatic heterocycles. The Morgan fingerprint density at radius 2 is 2.00 bits per heavy atom. The van der Waals surface area contributed by atoms with E-state index in [4.69, 9.17) is 27.9 Å². The van der Waals surface area contributed by atoms with Gasteiger partial charge in [0.1, 0.15) is 4.90 Å². The molecule has 7 heteroatoms. The predicted octanol–water partition coefficient (Wildman–Crippen LogP) is 3.09. The average Bonchev–Trinajstić information content (AvgIpc) is 2.31. The lowest BCUT2D eigenvalue weighted by atomic mass is 10.4. The molecule has 0 atom stereocenters. The van der Waals surface area contributed by atoms with Gasteiger partial charge in [0.15, 0.2) is 0 Å². The lowest BCUT2D eigenvalue weighted by molar-refractivity contribution is 0.0778. The third-order valence-corrected chi connectivity index (χ3v) is 4.70. The van der Waals surface area contributed by atoms with Crippen molar-refractivity contribution in [2.24, 2.45) is 0 Å². The van der Waals surface area contributed by atoms with Gasteiger partial charge in [0.25, 0.3) is 0 Å². The summed E-state index contributed by atoms with van der Waals surface area (Å²) in [6, 6.07) is 4.51. The van der Waals surface area contributed by atoms with Gasteiger partial charge in [-0.2, -0.15) is 0 Å². The topological polar surface area (TPSA) is 55.4 Å². The van der Waals surface area contributed by atoms with Gasteiger partial charge in [-0.05, 0) is 32.4 Å². The van der Waals surface area contributed by atoms with Gasteiger partial charge >= 0.3 is 0 Å². The molecule has 1 N–H and O–H groups in total. The molecule has 0 spiro atoms. The highest BCUT2D eigenvalue weighted by molar-refractivity contribution is 7.89. The van der Waals surface area contributed by atoms with Gasteiger partial charge in [-0.15, -0.1) is 0 Å². The summed E-state index contributed by atoms with van der Waals surface area (Å²) >= 11 is 11.7.